The summed E-state index contributed by atoms with van der Waals surface area (Å²) in [4.78, 5) is 25.9. The van der Waals surface area contributed by atoms with Gasteiger partial charge < -0.3 is 4.98 Å². The molecule has 1 aromatic heterocycles. The molecule has 4 nitrogen and oxygen atoms in total. The van der Waals surface area contributed by atoms with Gasteiger partial charge in [0.25, 0.3) is 0 Å². The van der Waals surface area contributed by atoms with E-state index in [1.807, 2.05) is 18.1 Å². The molecule has 0 unspecified atom stereocenters. The number of allylic oxidation sites excluding steroid dienone is 1. The normalized spacial score (nSPS) is 10.5. The van der Waals surface area contributed by atoms with E-state index in [2.05, 4.69) is 4.98 Å². The van der Waals surface area contributed by atoms with Crippen LogP contribution in [0.1, 0.15) is 5.56 Å². The molecule has 0 radical (unpaired) electrons. The highest BCUT2D eigenvalue weighted by atomic mass is 19.1. The molecule has 0 atom stereocenters. The molecule has 0 aliphatic carbocycles. The van der Waals surface area contributed by atoms with Crippen LogP contribution in [0.5, 0.6) is 0 Å². The molecule has 0 saturated heterocycles. The third kappa shape index (κ3) is 2.42. The molecule has 0 spiro atoms. The van der Waals surface area contributed by atoms with Gasteiger partial charge in [-0.25, -0.2) is 14.0 Å². The third-order valence-corrected chi connectivity index (χ3v) is 3.31. The first-order chi connectivity index (χ1) is 10.2. The van der Waals surface area contributed by atoms with Crippen molar-refractivity contribution in [1.82, 2.24) is 9.55 Å². The number of rotatable bonds is 3. The van der Waals surface area contributed by atoms with Crippen molar-refractivity contribution < 1.29 is 9.18 Å². The van der Waals surface area contributed by atoms with Crippen molar-refractivity contribution in [3.63, 3.8) is 0 Å². The maximum Gasteiger partial charge on any atom is 0.326 e. The first kappa shape index (κ1) is 13.1. The van der Waals surface area contributed by atoms with Gasteiger partial charge in [0, 0.05) is 0 Å². The number of imidazole rings is 1. The molecule has 0 fully saturated rings. The minimum absolute atomic E-state index is 0.0813. The molecular formula is C16H11FN2O2. The summed E-state index contributed by atoms with van der Waals surface area (Å²) in [5.41, 5.74) is 1.95. The van der Waals surface area contributed by atoms with E-state index in [1.165, 1.54) is 28.8 Å². The molecular weight excluding hydrogens is 271 g/mol. The lowest BCUT2D eigenvalue weighted by Crippen LogP contribution is -2.17. The van der Waals surface area contributed by atoms with Gasteiger partial charge in [0.2, 0.25) is 0 Å². The lowest BCUT2D eigenvalue weighted by atomic mass is 10.1. The highest BCUT2D eigenvalue weighted by Gasteiger charge is 2.10. The first-order valence-corrected chi connectivity index (χ1v) is 6.36. The van der Waals surface area contributed by atoms with Crippen LogP contribution in [-0.4, -0.2) is 15.5 Å². The Morgan fingerprint density at radius 1 is 1.14 bits per heavy atom. The number of aromatic amines is 1. The van der Waals surface area contributed by atoms with E-state index in [0.717, 1.165) is 0 Å². The van der Waals surface area contributed by atoms with Gasteiger partial charge in [0.05, 0.1) is 23.2 Å². The number of aromatic nitrogens is 2. The Labute approximate surface area is 119 Å². The minimum Gasteiger partial charge on any atom is -0.306 e. The summed E-state index contributed by atoms with van der Waals surface area (Å²) >= 11 is 0. The Morgan fingerprint density at radius 3 is 2.57 bits per heavy atom. The lowest BCUT2D eigenvalue weighted by molar-refractivity contribution is 0.568. The smallest absolute Gasteiger partial charge is 0.306 e. The molecule has 1 N–H and O–H groups in total. The SMILES string of the molecule is O=C=C(Cn1c(=O)[nH]c2ccccc21)c1ccc(F)cc1. The number of nitrogens with one attached hydrogen (secondary N) is 1. The van der Waals surface area contributed by atoms with Gasteiger partial charge in [-0.15, -0.1) is 0 Å². The molecule has 0 bridgehead atoms. The molecule has 0 aliphatic rings. The Hall–Kier alpha value is -2.91. The van der Waals surface area contributed by atoms with Crippen LogP contribution in [0.3, 0.4) is 0 Å². The van der Waals surface area contributed by atoms with Gasteiger partial charge in [-0.05, 0) is 29.8 Å². The second-order valence-corrected chi connectivity index (χ2v) is 4.62. The van der Waals surface area contributed by atoms with Crippen LogP contribution >= 0.6 is 0 Å². The van der Waals surface area contributed by atoms with Crippen LogP contribution in [0.25, 0.3) is 16.6 Å². The highest BCUT2D eigenvalue weighted by molar-refractivity contribution is 5.88. The number of hydrogen-bond acceptors (Lipinski definition) is 2. The second-order valence-electron chi connectivity index (χ2n) is 4.62. The molecule has 1 heterocycles. The van der Waals surface area contributed by atoms with Gasteiger partial charge in [-0.3, -0.25) is 4.57 Å². The number of nitrogens with zero attached hydrogens (tertiary/aromatic N) is 1. The van der Waals surface area contributed by atoms with Crippen molar-refractivity contribution in [2.75, 3.05) is 0 Å². The van der Waals surface area contributed by atoms with Gasteiger partial charge >= 0.3 is 5.69 Å². The standard InChI is InChI=1S/C16H11FN2O2/c17-13-7-5-11(6-8-13)12(10-20)9-19-15-4-2-1-3-14(15)18-16(19)21/h1-8H,9H2,(H,18,21). The highest BCUT2D eigenvalue weighted by Crippen LogP contribution is 2.17. The molecule has 5 heteroatoms. The Balaban J connectivity index is 2.04. The zero-order chi connectivity index (χ0) is 14.8. The zero-order valence-corrected chi connectivity index (χ0v) is 11.0. The molecule has 104 valence electrons. The predicted octanol–water partition coefficient (Wildman–Crippen LogP) is 2.38. The van der Waals surface area contributed by atoms with E-state index in [1.54, 1.807) is 12.1 Å². The summed E-state index contributed by atoms with van der Waals surface area (Å²) in [7, 11) is 0. The van der Waals surface area contributed by atoms with Crippen molar-refractivity contribution in [2.45, 2.75) is 6.54 Å². The van der Waals surface area contributed by atoms with Crippen LogP contribution in [0.2, 0.25) is 0 Å². The van der Waals surface area contributed by atoms with Crippen molar-refractivity contribution in [1.29, 1.82) is 0 Å². The molecule has 3 aromatic rings. The first-order valence-electron chi connectivity index (χ1n) is 6.36. The molecule has 0 saturated carbocycles. The Morgan fingerprint density at radius 2 is 1.86 bits per heavy atom. The molecule has 21 heavy (non-hydrogen) atoms. The average molecular weight is 282 g/mol. The summed E-state index contributed by atoms with van der Waals surface area (Å²) in [6.45, 7) is 0.0813. The van der Waals surface area contributed by atoms with Crippen LogP contribution in [0.15, 0.2) is 53.3 Å². The number of carbonyl (C=O) groups excluding carboxylic acids is 1. The summed E-state index contributed by atoms with van der Waals surface area (Å²) in [5.74, 6) is 1.46. The number of benzene rings is 2. The van der Waals surface area contributed by atoms with E-state index in [4.69, 9.17) is 0 Å². The molecule has 0 aliphatic heterocycles. The average Bonchev–Trinajstić information content (AvgIpc) is 2.81. The molecule has 0 amide bonds. The van der Waals surface area contributed by atoms with Crippen molar-refractivity contribution in [3.8, 4) is 0 Å². The van der Waals surface area contributed by atoms with E-state index in [-0.39, 0.29) is 18.1 Å². The fraction of sp³-hybridized carbons (Fsp3) is 0.0625. The number of fused-ring (bicyclic) bond motifs is 1. The third-order valence-electron chi connectivity index (χ3n) is 3.31. The van der Waals surface area contributed by atoms with Gasteiger partial charge in [0.15, 0.2) is 0 Å². The Kier molecular flexibility index (Phi) is 3.26. The number of hydrogen-bond donors (Lipinski definition) is 1. The van der Waals surface area contributed by atoms with Crippen molar-refractivity contribution >= 4 is 22.5 Å². The van der Waals surface area contributed by atoms with Gasteiger partial charge in [-0.1, -0.05) is 24.3 Å². The van der Waals surface area contributed by atoms with Gasteiger partial charge in [0.1, 0.15) is 11.8 Å². The number of para-hydroxylation sites is 2. The summed E-state index contributed by atoms with van der Waals surface area (Å²) in [6, 6.07) is 12.7. The number of H-pyrrole nitrogens is 1. The van der Waals surface area contributed by atoms with E-state index in [0.29, 0.717) is 22.2 Å². The Bertz CT molecular complexity index is 900. The maximum absolute atomic E-state index is 12.9. The van der Waals surface area contributed by atoms with E-state index in [9.17, 15) is 14.0 Å². The maximum atomic E-state index is 12.9. The van der Waals surface area contributed by atoms with Crippen LogP contribution in [0.4, 0.5) is 4.39 Å². The summed E-state index contributed by atoms with van der Waals surface area (Å²) in [6.07, 6.45) is 0. The molecule has 2 aromatic carbocycles. The summed E-state index contributed by atoms with van der Waals surface area (Å²) in [5, 5.41) is 0. The van der Waals surface area contributed by atoms with Crippen molar-refractivity contribution in [2.24, 2.45) is 0 Å². The molecule has 3 rings (SSSR count). The van der Waals surface area contributed by atoms with Crippen LogP contribution in [0, 0.1) is 5.82 Å². The van der Waals surface area contributed by atoms with Crippen molar-refractivity contribution in [3.05, 3.63) is 70.4 Å². The number of halogens is 1. The van der Waals surface area contributed by atoms with E-state index >= 15 is 0 Å². The fourth-order valence-electron chi connectivity index (χ4n) is 2.26. The minimum atomic E-state index is -0.381. The van der Waals surface area contributed by atoms with Crippen LogP contribution < -0.4 is 5.69 Å². The van der Waals surface area contributed by atoms with Crippen LogP contribution in [-0.2, 0) is 11.3 Å². The predicted molar refractivity (Wildman–Crippen MR) is 78.1 cm³/mol. The quantitative estimate of drug-likeness (QED) is 0.750. The fourth-order valence-corrected chi connectivity index (χ4v) is 2.26. The monoisotopic (exact) mass is 282 g/mol. The topological polar surface area (TPSA) is 54.9 Å². The summed E-state index contributed by atoms with van der Waals surface area (Å²) < 4.78 is 14.4. The zero-order valence-electron chi connectivity index (χ0n) is 11.0. The second kappa shape index (κ2) is 5.23. The lowest BCUT2D eigenvalue weighted by Gasteiger charge is -2.05. The van der Waals surface area contributed by atoms with E-state index < -0.39 is 0 Å². The largest absolute Gasteiger partial charge is 0.326 e. The van der Waals surface area contributed by atoms with Gasteiger partial charge in [-0.2, -0.15) is 0 Å².